The van der Waals surface area contributed by atoms with Crippen molar-refractivity contribution in [1.29, 1.82) is 0 Å². The van der Waals surface area contributed by atoms with Gasteiger partial charge >= 0.3 is 33.6 Å². The van der Waals surface area contributed by atoms with Crippen LogP contribution in [0.5, 0.6) is 0 Å². The molecule has 16 nitrogen and oxygen atoms in total. The van der Waals surface area contributed by atoms with Crippen LogP contribution < -0.4 is 0 Å². The smallest absolute Gasteiger partial charge is 0.463 e. The number of rotatable bonds is 81. The molecule has 0 saturated heterocycles. The highest BCUT2D eigenvalue weighted by atomic mass is 31.2. The fourth-order valence-corrected chi connectivity index (χ4v) is 12.8. The largest absolute Gasteiger partial charge is 0.472 e. The van der Waals surface area contributed by atoms with E-state index in [4.69, 9.17) is 32.3 Å². The lowest BCUT2D eigenvalue weighted by Gasteiger charge is -2.21. The molecule has 0 amide bonds. The van der Waals surface area contributed by atoms with Crippen molar-refractivity contribution in [2.75, 3.05) is 39.6 Å². The van der Waals surface area contributed by atoms with Crippen LogP contribution in [0.2, 0.25) is 0 Å². The number of hydrogen-bond donors (Lipinski definition) is 4. The average molecular weight is 1620 g/mol. The lowest BCUT2D eigenvalue weighted by molar-refractivity contribution is -0.161. The molecule has 0 bridgehead atoms. The molecule has 5 atom stereocenters. The lowest BCUT2D eigenvalue weighted by atomic mass is 10.0. The number of hydrogen-bond acceptors (Lipinski definition) is 14. The summed E-state index contributed by atoms with van der Waals surface area (Å²) in [4.78, 5) is 58.9. The number of carbonyl (C=O) groups is 3. The Morgan fingerprint density at radius 1 is 0.257 bits per heavy atom. The maximum absolute atomic E-state index is 13.0. The fourth-order valence-electron chi connectivity index (χ4n) is 11.2. The summed E-state index contributed by atoms with van der Waals surface area (Å²) < 4.78 is 61.3. The van der Waals surface area contributed by atoms with Gasteiger partial charge in [-0.05, 0) is 167 Å². The zero-order valence-electron chi connectivity index (χ0n) is 70.5. The van der Waals surface area contributed by atoms with E-state index in [-0.39, 0.29) is 19.3 Å². The average Bonchev–Trinajstić information content (AvgIpc) is 0.900. The summed E-state index contributed by atoms with van der Waals surface area (Å²) in [7, 11) is -9.83. The Hall–Kier alpha value is -5.61. The summed E-state index contributed by atoms with van der Waals surface area (Å²) in [6.45, 7) is 2.36. The SMILES string of the molecule is CC/C=C\C/C=C\C/C=C\C/C=C\C/C=C\C/C=C\CCCCCCCCCCCCCCCCC(=O)OCC(O)COP(=O)(O)OCC(O)COP(=O)(O)OCC(COC(=O)CCCCCCCCC/C=C\C/C=C\C/C=C\C/C=C\CCCCC)OC(=O)CCCC/C=C\C/C=C\C/C=C\C/C=C\C/C=C\C/C=C\CC. The van der Waals surface area contributed by atoms with Crippen LogP contribution in [0.1, 0.15) is 329 Å². The minimum absolute atomic E-state index is 0.0402. The molecule has 4 N–H and O–H groups in total. The van der Waals surface area contributed by atoms with Gasteiger partial charge in [-0.15, -0.1) is 0 Å². The molecule has 0 aliphatic heterocycles. The maximum atomic E-state index is 13.0. The van der Waals surface area contributed by atoms with Gasteiger partial charge in [0, 0.05) is 19.3 Å². The molecule has 0 heterocycles. The van der Waals surface area contributed by atoms with Crippen LogP contribution in [0.25, 0.3) is 0 Å². The highest BCUT2D eigenvalue weighted by Gasteiger charge is 2.29. The van der Waals surface area contributed by atoms with Gasteiger partial charge in [0.15, 0.2) is 6.10 Å². The number of ether oxygens (including phenoxy) is 3. The second-order valence-electron chi connectivity index (χ2n) is 28.6. The zero-order chi connectivity index (χ0) is 82.2. The molecule has 0 aromatic rings. The number of phosphoric acid groups is 2. The van der Waals surface area contributed by atoms with Crippen molar-refractivity contribution in [3.8, 4) is 0 Å². The van der Waals surface area contributed by atoms with Crippen LogP contribution in [0.15, 0.2) is 194 Å². The normalized spacial score (nSPS) is 14.8. The van der Waals surface area contributed by atoms with E-state index in [2.05, 4.69) is 215 Å². The molecule has 0 rings (SSSR count). The van der Waals surface area contributed by atoms with E-state index in [0.717, 1.165) is 173 Å². The Morgan fingerprint density at radius 2 is 0.469 bits per heavy atom. The molecule has 0 aromatic carbocycles. The Morgan fingerprint density at radius 3 is 0.761 bits per heavy atom. The monoisotopic (exact) mass is 1620 g/mol. The first-order valence-electron chi connectivity index (χ1n) is 43.7. The predicted molar refractivity (Wildman–Crippen MR) is 472 cm³/mol. The highest BCUT2D eigenvalue weighted by molar-refractivity contribution is 7.47. The summed E-state index contributed by atoms with van der Waals surface area (Å²) in [6.07, 6.45) is 113. The van der Waals surface area contributed by atoms with E-state index in [0.29, 0.717) is 25.7 Å². The van der Waals surface area contributed by atoms with Crippen LogP contribution in [-0.4, -0.2) is 95.9 Å². The first-order chi connectivity index (χ1) is 55.2. The number of allylic oxidation sites excluding steroid dienone is 32. The molecule has 5 unspecified atom stereocenters. The summed E-state index contributed by atoms with van der Waals surface area (Å²) in [5, 5.41) is 20.7. The summed E-state index contributed by atoms with van der Waals surface area (Å²) in [5.74, 6) is -1.64. The molecule has 0 fully saturated rings. The number of aliphatic hydroxyl groups excluding tert-OH is 2. The molecular weight excluding hydrogens is 1460 g/mol. The molecule has 113 heavy (non-hydrogen) atoms. The summed E-state index contributed by atoms with van der Waals surface area (Å²) in [5.41, 5.74) is 0. The van der Waals surface area contributed by atoms with Gasteiger partial charge in [0.05, 0.1) is 26.4 Å². The van der Waals surface area contributed by atoms with Crippen LogP contribution in [-0.2, 0) is 55.8 Å². The van der Waals surface area contributed by atoms with Crippen LogP contribution in [0.4, 0.5) is 0 Å². The Balaban J connectivity index is 4.62. The van der Waals surface area contributed by atoms with Crippen molar-refractivity contribution in [2.24, 2.45) is 0 Å². The van der Waals surface area contributed by atoms with Crippen LogP contribution in [0, 0.1) is 0 Å². The fraction of sp³-hybridized carbons (Fsp3) is 0.632. The maximum Gasteiger partial charge on any atom is 0.472 e. The van der Waals surface area contributed by atoms with E-state index in [9.17, 15) is 43.5 Å². The van der Waals surface area contributed by atoms with Crippen molar-refractivity contribution >= 4 is 33.6 Å². The van der Waals surface area contributed by atoms with E-state index in [1.165, 1.54) is 89.9 Å². The van der Waals surface area contributed by atoms with Gasteiger partial charge in [0.25, 0.3) is 0 Å². The molecular formula is C95H156O16P2. The third kappa shape index (κ3) is 87.1. The van der Waals surface area contributed by atoms with Crippen molar-refractivity contribution < 1.29 is 75.8 Å². The molecule has 0 aliphatic rings. The lowest BCUT2D eigenvalue weighted by Crippen LogP contribution is -2.30. The predicted octanol–water partition coefficient (Wildman–Crippen LogP) is 26.7. The first kappa shape index (κ1) is 107. The Kier molecular flexibility index (Phi) is 81.5. The third-order valence-electron chi connectivity index (χ3n) is 17.8. The molecule has 0 saturated carbocycles. The van der Waals surface area contributed by atoms with Crippen molar-refractivity contribution in [3.63, 3.8) is 0 Å². The van der Waals surface area contributed by atoms with Crippen molar-refractivity contribution in [3.05, 3.63) is 194 Å². The quantitative estimate of drug-likeness (QED) is 0.0146. The minimum Gasteiger partial charge on any atom is -0.463 e. The number of esters is 3. The Bertz CT molecular complexity index is 2830. The number of phosphoric ester groups is 2. The molecule has 0 spiro atoms. The molecule has 0 radical (unpaired) electrons. The molecule has 642 valence electrons. The van der Waals surface area contributed by atoms with E-state index in [1.54, 1.807) is 0 Å². The topological polar surface area (TPSA) is 231 Å². The number of aliphatic hydroxyl groups is 2. The van der Waals surface area contributed by atoms with Gasteiger partial charge in [0.1, 0.15) is 25.4 Å². The third-order valence-corrected chi connectivity index (χ3v) is 19.7. The van der Waals surface area contributed by atoms with Crippen molar-refractivity contribution in [2.45, 2.75) is 347 Å². The van der Waals surface area contributed by atoms with E-state index >= 15 is 0 Å². The van der Waals surface area contributed by atoms with Gasteiger partial charge in [-0.3, -0.25) is 32.5 Å². The van der Waals surface area contributed by atoms with Gasteiger partial charge in [-0.25, -0.2) is 9.13 Å². The van der Waals surface area contributed by atoms with Gasteiger partial charge < -0.3 is 34.2 Å². The number of unbranched alkanes of at least 4 members (excludes halogenated alkanes) is 26. The second kappa shape index (κ2) is 85.8. The van der Waals surface area contributed by atoms with Gasteiger partial charge in [-0.2, -0.15) is 0 Å². The summed E-state index contributed by atoms with van der Waals surface area (Å²) in [6, 6.07) is 0. The van der Waals surface area contributed by atoms with E-state index in [1.807, 2.05) is 0 Å². The van der Waals surface area contributed by atoms with Gasteiger partial charge in [-0.1, -0.05) is 337 Å². The van der Waals surface area contributed by atoms with Crippen LogP contribution >= 0.6 is 15.6 Å². The molecule has 0 aliphatic carbocycles. The van der Waals surface area contributed by atoms with Crippen LogP contribution in [0.3, 0.4) is 0 Å². The highest BCUT2D eigenvalue weighted by Crippen LogP contribution is 2.45. The molecule has 18 heteroatoms. The zero-order valence-corrected chi connectivity index (χ0v) is 72.3. The second-order valence-corrected chi connectivity index (χ2v) is 31.5. The Labute approximate surface area is 687 Å². The first-order valence-corrected chi connectivity index (χ1v) is 46.7. The molecule has 0 aromatic heterocycles. The number of carbonyl (C=O) groups excluding carboxylic acids is 3. The van der Waals surface area contributed by atoms with Crippen molar-refractivity contribution in [1.82, 2.24) is 0 Å². The van der Waals surface area contributed by atoms with Gasteiger partial charge in [0.2, 0.25) is 0 Å². The summed E-state index contributed by atoms with van der Waals surface area (Å²) >= 11 is 0. The van der Waals surface area contributed by atoms with E-state index < -0.39 is 91.5 Å². The standard InChI is InChI=1S/C95H156O16P2/c1-4-7-10-13-16-19-22-25-28-31-34-37-39-40-41-42-43-44-45-46-47-48-50-53-54-57-60-63-66-69-72-75-78-81-93(98)105-84-90(96)85-107-112(101,102)108-86-91(97)87-109-113(103,104)110-89-92(111-95(100)83-80-77-74-71-68-65-62-59-56-51-36-33-30-27-24-21-18-15-12-9-6-3)88-106-94(99)82-79-76-73-70-67-64-61-58-55-52-49-38-35-32-29-26-23-20-17-14-11-8-5-2/h7,9-10,12,16-21,25-30,34-38,40-41,43-44,51-52,55,59,62,68,71,90-92,96-97H,4-6,8,11,13-15,22-24,31-33,39,42,45-50,53-54,56-58,60-61,63-67,69-70,72-89H2,1-3H3,(H,101,102)(H,103,104)/b10-7-,12-9-,19-16-,20-17-,21-18-,28-25-,29-26-,30-27-,37-34-,38-35-,41-40-,44-43-,51-36-,55-52-,62-59-,71-68-. The minimum atomic E-state index is -4.96.